The van der Waals surface area contributed by atoms with Crippen LogP contribution in [-0.4, -0.2) is 16.7 Å². The Labute approximate surface area is 76.8 Å². The molecular weight excluding hydrogens is 168 g/mol. The largest absolute Gasteiger partial charge is 0.504 e. The number of aliphatic hydroxyl groups is 1. The smallest absolute Gasteiger partial charge is 0.220 e. The summed E-state index contributed by atoms with van der Waals surface area (Å²) in [5, 5.41) is 8.98. The van der Waals surface area contributed by atoms with Crippen molar-refractivity contribution >= 4 is 11.6 Å². The lowest BCUT2D eigenvalue weighted by Gasteiger charge is -2.22. The van der Waals surface area contributed by atoms with Crippen molar-refractivity contribution in [3.63, 3.8) is 0 Å². The summed E-state index contributed by atoms with van der Waals surface area (Å²) in [5.74, 6) is -1.26. The molecule has 13 heavy (non-hydrogen) atoms. The van der Waals surface area contributed by atoms with Gasteiger partial charge in [-0.3, -0.25) is 9.59 Å². The molecule has 70 valence electrons. The molecule has 0 saturated heterocycles. The highest BCUT2D eigenvalue weighted by Gasteiger charge is 2.28. The number of rotatable bonds is 0. The Morgan fingerprint density at radius 3 is 2.08 bits per heavy atom. The summed E-state index contributed by atoms with van der Waals surface area (Å²) in [6.07, 6.45) is 2.18. The van der Waals surface area contributed by atoms with Gasteiger partial charge in [-0.1, -0.05) is 20.8 Å². The lowest BCUT2D eigenvalue weighted by molar-refractivity contribution is -0.117. The Hall–Kier alpha value is -1.38. The highest BCUT2D eigenvalue weighted by atomic mass is 16.3. The van der Waals surface area contributed by atoms with Crippen molar-refractivity contribution in [3.8, 4) is 0 Å². The minimum atomic E-state index is -0.496. The van der Waals surface area contributed by atoms with Crippen LogP contribution < -0.4 is 0 Å². The molecule has 3 heteroatoms. The van der Waals surface area contributed by atoms with Gasteiger partial charge in [-0.2, -0.15) is 0 Å². The van der Waals surface area contributed by atoms with Crippen LogP contribution >= 0.6 is 0 Å². The van der Waals surface area contributed by atoms with Gasteiger partial charge in [-0.25, -0.2) is 0 Å². The Kier molecular flexibility index (Phi) is 2.12. The molecule has 3 nitrogen and oxygen atoms in total. The number of ketones is 2. The van der Waals surface area contributed by atoms with Crippen molar-refractivity contribution in [2.75, 3.05) is 0 Å². The molecule has 0 unspecified atom stereocenters. The van der Waals surface area contributed by atoms with Gasteiger partial charge in [-0.15, -0.1) is 0 Å². The number of carbonyl (C=O) groups is 2. The Balaban J connectivity index is 3.11. The van der Waals surface area contributed by atoms with Gasteiger partial charge in [0.25, 0.3) is 0 Å². The van der Waals surface area contributed by atoms with Crippen LogP contribution in [0.3, 0.4) is 0 Å². The van der Waals surface area contributed by atoms with Crippen LogP contribution in [0.5, 0.6) is 0 Å². The van der Waals surface area contributed by atoms with Gasteiger partial charge in [0.2, 0.25) is 5.78 Å². The van der Waals surface area contributed by atoms with Crippen molar-refractivity contribution in [2.45, 2.75) is 20.8 Å². The molecule has 0 aromatic carbocycles. The number of carbonyl (C=O) groups excluding carboxylic acids is 2. The molecule has 0 fully saturated rings. The molecule has 0 aromatic heterocycles. The first-order valence-corrected chi connectivity index (χ1v) is 4.04. The number of aliphatic hydroxyl groups excluding tert-OH is 1. The van der Waals surface area contributed by atoms with Crippen LogP contribution in [0.15, 0.2) is 23.5 Å². The van der Waals surface area contributed by atoms with E-state index in [4.69, 9.17) is 5.11 Å². The fraction of sp³-hybridized carbons (Fsp3) is 0.400. The molecule has 1 aliphatic rings. The Bertz CT molecular complexity index is 327. The predicted octanol–water partition coefficient (Wildman–Crippen LogP) is 1.55. The molecule has 0 saturated carbocycles. The third-order valence-electron chi connectivity index (χ3n) is 1.87. The zero-order valence-corrected chi connectivity index (χ0v) is 7.92. The van der Waals surface area contributed by atoms with Gasteiger partial charge in [0, 0.05) is 11.6 Å². The normalized spacial score (nSPS) is 18.4. The molecule has 0 radical (unpaired) electrons. The molecule has 0 spiro atoms. The van der Waals surface area contributed by atoms with Crippen LogP contribution in [0, 0.1) is 5.41 Å². The molecule has 1 N–H and O–H groups in total. The van der Waals surface area contributed by atoms with E-state index in [-0.39, 0.29) is 11.2 Å². The SMILES string of the molecule is CC(C)(C)C1=CC(=O)C(O)=CC1=O. The molecule has 1 aliphatic carbocycles. The predicted molar refractivity (Wildman–Crippen MR) is 48.3 cm³/mol. The molecule has 0 aromatic rings. The fourth-order valence-corrected chi connectivity index (χ4v) is 1.14. The number of hydrogen-bond acceptors (Lipinski definition) is 3. The summed E-state index contributed by atoms with van der Waals surface area (Å²) in [4.78, 5) is 22.4. The van der Waals surface area contributed by atoms with E-state index in [1.807, 2.05) is 20.8 Å². The van der Waals surface area contributed by atoms with Gasteiger partial charge in [-0.05, 0) is 11.5 Å². The zero-order valence-electron chi connectivity index (χ0n) is 7.92. The first-order chi connectivity index (χ1) is 5.82. The van der Waals surface area contributed by atoms with Gasteiger partial charge in [0.1, 0.15) is 0 Å². The van der Waals surface area contributed by atoms with E-state index in [9.17, 15) is 9.59 Å². The second-order valence-electron chi connectivity index (χ2n) is 4.07. The van der Waals surface area contributed by atoms with E-state index in [1.54, 1.807) is 0 Å². The van der Waals surface area contributed by atoms with Gasteiger partial charge >= 0.3 is 0 Å². The molecule has 0 atom stereocenters. The van der Waals surface area contributed by atoms with Crippen LogP contribution in [-0.2, 0) is 9.59 Å². The third kappa shape index (κ3) is 1.86. The van der Waals surface area contributed by atoms with Crippen molar-refractivity contribution in [1.82, 2.24) is 0 Å². The summed E-state index contributed by atoms with van der Waals surface area (Å²) >= 11 is 0. The summed E-state index contributed by atoms with van der Waals surface area (Å²) < 4.78 is 0. The summed E-state index contributed by atoms with van der Waals surface area (Å²) in [5.41, 5.74) is 0.0829. The van der Waals surface area contributed by atoms with Crippen LogP contribution in [0.2, 0.25) is 0 Å². The first kappa shape index (κ1) is 9.71. The van der Waals surface area contributed by atoms with Gasteiger partial charge < -0.3 is 5.11 Å². The van der Waals surface area contributed by atoms with Crippen molar-refractivity contribution in [3.05, 3.63) is 23.5 Å². The maximum atomic E-state index is 11.3. The average molecular weight is 180 g/mol. The van der Waals surface area contributed by atoms with E-state index < -0.39 is 11.5 Å². The first-order valence-electron chi connectivity index (χ1n) is 4.04. The monoisotopic (exact) mass is 180 g/mol. The van der Waals surface area contributed by atoms with E-state index in [1.165, 1.54) is 6.08 Å². The van der Waals surface area contributed by atoms with Crippen LogP contribution in [0.1, 0.15) is 20.8 Å². The van der Waals surface area contributed by atoms with Gasteiger partial charge in [0.05, 0.1) is 0 Å². The average Bonchev–Trinajstić information content (AvgIpc) is 1.94. The van der Waals surface area contributed by atoms with Crippen molar-refractivity contribution < 1.29 is 14.7 Å². The Morgan fingerprint density at radius 1 is 1.08 bits per heavy atom. The second-order valence-corrected chi connectivity index (χ2v) is 4.07. The Morgan fingerprint density at radius 2 is 1.62 bits per heavy atom. The van der Waals surface area contributed by atoms with E-state index in [0.29, 0.717) is 5.57 Å². The lowest BCUT2D eigenvalue weighted by Crippen LogP contribution is -2.22. The van der Waals surface area contributed by atoms with E-state index >= 15 is 0 Å². The van der Waals surface area contributed by atoms with Crippen LogP contribution in [0.25, 0.3) is 0 Å². The highest BCUT2D eigenvalue weighted by molar-refractivity contribution is 6.19. The minimum Gasteiger partial charge on any atom is -0.504 e. The topological polar surface area (TPSA) is 54.4 Å². The molecule has 0 bridgehead atoms. The zero-order chi connectivity index (χ0) is 10.2. The molecule has 1 rings (SSSR count). The second kappa shape index (κ2) is 2.83. The quantitative estimate of drug-likeness (QED) is 0.575. The van der Waals surface area contributed by atoms with E-state index in [2.05, 4.69) is 0 Å². The van der Waals surface area contributed by atoms with Crippen molar-refractivity contribution in [1.29, 1.82) is 0 Å². The van der Waals surface area contributed by atoms with E-state index in [0.717, 1.165) is 6.08 Å². The fourth-order valence-electron chi connectivity index (χ4n) is 1.14. The standard InChI is InChI=1S/C10H12O3/c1-10(2,3)6-4-8(12)9(13)5-7(6)11/h4-5,13H,1-3H3. The molecule has 0 amide bonds. The molecule has 0 aliphatic heterocycles. The number of allylic oxidation sites excluding steroid dienone is 3. The maximum Gasteiger partial charge on any atom is 0.220 e. The summed E-state index contributed by atoms with van der Waals surface area (Å²) in [6.45, 7) is 5.54. The lowest BCUT2D eigenvalue weighted by atomic mass is 9.81. The number of hydrogen-bond donors (Lipinski definition) is 1. The molecular formula is C10H12O3. The minimum absolute atomic E-state index is 0.287. The summed E-state index contributed by atoms with van der Waals surface area (Å²) in [6, 6.07) is 0. The highest BCUT2D eigenvalue weighted by Crippen LogP contribution is 2.28. The van der Waals surface area contributed by atoms with Crippen molar-refractivity contribution in [2.24, 2.45) is 5.41 Å². The third-order valence-corrected chi connectivity index (χ3v) is 1.87. The summed E-state index contributed by atoms with van der Waals surface area (Å²) in [7, 11) is 0. The molecule has 0 heterocycles. The van der Waals surface area contributed by atoms with Gasteiger partial charge in [0.15, 0.2) is 11.5 Å². The van der Waals surface area contributed by atoms with Crippen LogP contribution in [0.4, 0.5) is 0 Å². The maximum absolute atomic E-state index is 11.3.